The minimum Gasteiger partial charge on any atom is -0.444 e. The lowest BCUT2D eigenvalue weighted by molar-refractivity contribution is -0.128. The van der Waals surface area contributed by atoms with Gasteiger partial charge in [-0.2, -0.15) is 0 Å². The van der Waals surface area contributed by atoms with E-state index in [1.807, 2.05) is 60.8 Å². The number of carbonyl (C=O) groups excluding carboxylic acids is 3. The molecule has 0 saturated heterocycles. The Morgan fingerprint density at radius 2 is 1.70 bits per heavy atom. The van der Waals surface area contributed by atoms with Gasteiger partial charge in [-0.05, 0) is 44.9 Å². The molecule has 0 radical (unpaired) electrons. The lowest BCUT2D eigenvalue weighted by atomic mass is 9.93. The average Bonchev–Trinajstić information content (AvgIpc) is 3.15. The highest BCUT2D eigenvalue weighted by atomic mass is 16.6. The molecule has 7 nitrogen and oxygen atoms in total. The highest BCUT2D eigenvalue weighted by molar-refractivity contribution is 5.90. The minimum absolute atomic E-state index is 0.258. The molecule has 3 rings (SSSR count). The Hall–Kier alpha value is -3.61. The number of amides is 2. The normalized spacial score (nSPS) is 14.2. The summed E-state index contributed by atoms with van der Waals surface area (Å²) >= 11 is 0. The number of rotatable bonds is 8. The molecule has 0 unspecified atom stereocenters. The lowest BCUT2D eigenvalue weighted by Gasteiger charge is -2.28. The van der Waals surface area contributed by atoms with Crippen molar-refractivity contribution in [2.24, 2.45) is 0 Å². The van der Waals surface area contributed by atoms with Crippen molar-refractivity contribution in [2.45, 2.75) is 57.7 Å². The first-order chi connectivity index (χ1) is 15.6. The van der Waals surface area contributed by atoms with E-state index >= 15 is 0 Å². The second kappa shape index (κ2) is 9.90. The first kappa shape index (κ1) is 24.0. The number of benzene rings is 2. The molecule has 0 aliphatic heterocycles. The molecule has 3 N–H and O–H groups in total. The fourth-order valence-electron chi connectivity index (χ4n) is 3.67. The topological polar surface area (TPSA) is 100 Å². The van der Waals surface area contributed by atoms with Crippen LogP contribution in [0.4, 0.5) is 4.79 Å². The van der Waals surface area contributed by atoms with Crippen LogP contribution >= 0.6 is 0 Å². The second-order valence-corrected chi connectivity index (χ2v) is 9.45. The number of H-pyrrole nitrogens is 1. The predicted molar refractivity (Wildman–Crippen MR) is 128 cm³/mol. The van der Waals surface area contributed by atoms with E-state index in [-0.39, 0.29) is 6.42 Å². The van der Waals surface area contributed by atoms with Crippen molar-refractivity contribution in [3.05, 3.63) is 71.9 Å². The third-order valence-corrected chi connectivity index (χ3v) is 5.19. The first-order valence-corrected chi connectivity index (χ1v) is 11.0. The van der Waals surface area contributed by atoms with Gasteiger partial charge in [-0.15, -0.1) is 0 Å². The molecule has 0 saturated carbocycles. The average molecular weight is 450 g/mol. The van der Waals surface area contributed by atoms with Crippen molar-refractivity contribution >= 4 is 29.2 Å². The molecular formula is C26H31N3O4. The van der Waals surface area contributed by atoms with Crippen LogP contribution in [0.25, 0.3) is 10.9 Å². The maximum absolute atomic E-state index is 13.3. The van der Waals surface area contributed by atoms with E-state index in [4.69, 9.17) is 4.74 Å². The summed E-state index contributed by atoms with van der Waals surface area (Å²) < 4.78 is 5.34. The lowest BCUT2D eigenvalue weighted by Crippen LogP contribution is -2.57. The van der Waals surface area contributed by atoms with Gasteiger partial charge in [0.1, 0.15) is 17.9 Å². The van der Waals surface area contributed by atoms with Crippen LogP contribution in [0.5, 0.6) is 0 Å². The number of hydrogen-bond acceptors (Lipinski definition) is 4. The molecule has 0 bridgehead atoms. The number of carbonyl (C=O) groups is 3. The number of aromatic nitrogens is 1. The predicted octanol–water partition coefficient (Wildman–Crippen LogP) is 3.92. The van der Waals surface area contributed by atoms with Gasteiger partial charge in [-0.25, -0.2) is 4.79 Å². The van der Waals surface area contributed by atoms with Crippen LogP contribution in [-0.2, 0) is 27.2 Å². The summed E-state index contributed by atoms with van der Waals surface area (Å²) in [5.74, 6) is -0.459. The summed E-state index contributed by atoms with van der Waals surface area (Å²) in [6, 6.07) is 16.2. The van der Waals surface area contributed by atoms with Crippen LogP contribution in [-0.4, -0.2) is 40.5 Å². The van der Waals surface area contributed by atoms with Crippen LogP contribution < -0.4 is 10.6 Å². The molecule has 2 amide bonds. The molecule has 1 aromatic heterocycles. The van der Waals surface area contributed by atoms with Gasteiger partial charge in [0.2, 0.25) is 5.91 Å². The smallest absolute Gasteiger partial charge is 0.408 e. The van der Waals surface area contributed by atoms with Gasteiger partial charge in [-0.1, -0.05) is 48.5 Å². The van der Waals surface area contributed by atoms with E-state index in [1.54, 1.807) is 27.7 Å². The Labute approximate surface area is 193 Å². The Bertz CT molecular complexity index is 1120. The van der Waals surface area contributed by atoms with Gasteiger partial charge in [0, 0.05) is 29.9 Å². The fourth-order valence-corrected chi connectivity index (χ4v) is 3.67. The van der Waals surface area contributed by atoms with Crippen molar-refractivity contribution < 1.29 is 19.1 Å². The number of ether oxygens (including phenoxy) is 1. The molecule has 3 aromatic rings. The summed E-state index contributed by atoms with van der Waals surface area (Å²) in [5.41, 5.74) is 0.885. The van der Waals surface area contributed by atoms with E-state index < -0.39 is 29.2 Å². The van der Waals surface area contributed by atoms with Gasteiger partial charge < -0.3 is 25.1 Å². The molecular weight excluding hydrogens is 418 g/mol. The highest BCUT2D eigenvalue weighted by Crippen LogP contribution is 2.22. The van der Waals surface area contributed by atoms with E-state index in [2.05, 4.69) is 15.6 Å². The van der Waals surface area contributed by atoms with Crippen LogP contribution in [0.1, 0.15) is 38.8 Å². The number of hydrogen-bond donors (Lipinski definition) is 3. The molecule has 1 heterocycles. The van der Waals surface area contributed by atoms with Crippen molar-refractivity contribution in [2.75, 3.05) is 0 Å². The zero-order valence-corrected chi connectivity index (χ0v) is 19.5. The maximum Gasteiger partial charge on any atom is 0.408 e. The Morgan fingerprint density at radius 1 is 1.03 bits per heavy atom. The summed E-state index contributed by atoms with van der Waals surface area (Å²) in [4.78, 5) is 40.9. The maximum atomic E-state index is 13.3. The Kier molecular flexibility index (Phi) is 7.21. The zero-order chi connectivity index (χ0) is 24.1. The van der Waals surface area contributed by atoms with Crippen LogP contribution in [0, 0.1) is 0 Å². The quantitative estimate of drug-likeness (QED) is 0.454. The molecule has 0 aliphatic carbocycles. The first-order valence-electron chi connectivity index (χ1n) is 11.0. The minimum atomic E-state index is -1.16. The number of alkyl carbamates (subject to hydrolysis) is 1. The molecule has 2 aromatic carbocycles. The SMILES string of the molecule is CC(C)(C)OC(=O)N[C@@H](Cc1ccccc1)C(=O)N[C@@](C)(C=O)Cc1c[nH]c2ccccc12. The summed E-state index contributed by atoms with van der Waals surface area (Å²) in [5, 5.41) is 6.50. The van der Waals surface area contributed by atoms with Crippen LogP contribution in [0.15, 0.2) is 60.8 Å². The molecule has 0 spiro atoms. The Morgan fingerprint density at radius 3 is 2.36 bits per heavy atom. The fraction of sp³-hybridized carbons (Fsp3) is 0.346. The monoisotopic (exact) mass is 449 g/mol. The van der Waals surface area contributed by atoms with E-state index in [1.165, 1.54) is 0 Å². The van der Waals surface area contributed by atoms with Crippen molar-refractivity contribution in [1.29, 1.82) is 0 Å². The van der Waals surface area contributed by atoms with Crippen LogP contribution in [0.2, 0.25) is 0 Å². The van der Waals surface area contributed by atoms with Crippen molar-refractivity contribution in [1.82, 2.24) is 15.6 Å². The molecule has 174 valence electrons. The van der Waals surface area contributed by atoms with Gasteiger partial charge in [-0.3, -0.25) is 4.79 Å². The van der Waals surface area contributed by atoms with E-state index in [0.717, 1.165) is 28.3 Å². The second-order valence-electron chi connectivity index (χ2n) is 9.45. The van der Waals surface area contributed by atoms with E-state index in [0.29, 0.717) is 6.42 Å². The molecule has 0 fully saturated rings. The number of aldehydes is 1. The molecule has 2 atom stereocenters. The standard InChI is InChI=1S/C26H31N3O4/c1-25(2,3)33-24(32)28-22(14-18-10-6-5-7-11-18)23(31)29-26(4,17-30)15-19-16-27-21-13-9-8-12-20(19)21/h5-13,16-17,22,27H,14-15H2,1-4H3,(H,28,32)(H,29,31)/t22-,26+/m0/s1. The van der Waals surface area contributed by atoms with Crippen LogP contribution in [0.3, 0.4) is 0 Å². The third-order valence-electron chi connectivity index (χ3n) is 5.19. The summed E-state index contributed by atoms with van der Waals surface area (Å²) in [6.07, 6.45) is 2.45. The largest absolute Gasteiger partial charge is 0.444 e. The molecule has 33 heavy (non-hydrogen) atoms. The van der Waals surface area contributed by atoms with Gasteiger partial charge >= 0.3 is 6.09 Å². The zero-order valence-electron chi connectivity index (χ0n) is 19.5. The number of nitrogens with one attached hydrogen (secondary N) is 3. The van der Waals surface area contributed by atoms with Gasteiger partial charge in [0.05, 0.1) is 5.54 Å². The number of fused-ring (bicyclic) bond motifs is 1. The Balaban J connectivity index is 1.79. The highest BCUT2D eigenvalue weighted by Gasteiger charge is 2.32. The summed E-state index contributed by atoms with van der Waals surface area (Å²) in [7, 11) is 0. The summed E-state index contributed by atoms with van der Waals surface area (Å²) in [6.45, 7) is 6.93. The molecule has 7 heteroatoms. The van der Waals surface area contributed by atoms with Crippen molar-refractivity contribution in [3.8, 4) is 0 Å². The van der Waals surface area contributed by atoms with Crippen molar-refractivity contribution in [3.63, 3.8) is 0 Å². The van der Waals surface area contributed by atoms with Gasteiger partial charge in [0.25, 0.3) is 0 Å². The van der Waals surface area contributed by atoms with Gasteiger partial charge in [0.15, 0.2) is 0 Å². The third kappa shape index (κ3) is 6.68. The number of para-hydroxylation sites is 1. The molecule has 0 aliphatic rings. The van der Waals surface area contributed by atoms with E-state index in [9.17, 15) is 14.4 Å². The number of aromatic amines is 1.